The molecule has 1 amide bonds. The van der Waals surface area contributed by atoms with E-state index in [4.69, 9.17) is 10.5 Å². The lowest BCUT2D eigenvalue weighted by Crippen LogP contribution is -2.40. The predicted octanol–water partition coefficient (Wildman–Crippen LogP) is 4.03. The molecule has 5 rings (SSSR count). The van der Waals surface area contributed by atoms with Crippen molar-refractivity contribution in [3.8, 4) is 17.2 Å². The number of aromatic nitrogens is 4. The molecule has 1 aliphatic rings. The number of quaternary nitrogens is 1. The number of hydrogen-bond donors (Lipinski definition) is 1. The van der Waals surface area contributed by atoms with Crippen molar-refractivity contribution in [2.45, 2.75) is 37.8 Å². The first-order valence-electron chi connectivity index (χ1n) is 13.7. The third kappa shape index (κ3) is 6.16. The van der Waals surface area contributed by atoms with E-state index in [1.54, 1.807) is 27.2 Å². The van der Waals surface area contributed by atoms with E-state index in [2.05, 4.69) is 9.97 Å². The van der Waals surface area contributed by atoms with Gasteiger partial charge in [-0.1, -0.05) is 18.2 Å². The Morgan fingerprint density at radius 1 is 1.07 bits per heavy atom. The van der Waals surface area contributed by atoms with Gasteiger partial charge in [0.2, 0.25) is 5.91 Å². The molecule has 0 unspecified atom stereocenters. The quantitative estimate of drug-likeness (QED) is 0.197. The van der Waals surface area contributed by atoms with Crippen LogP contribution >= 0.6 is 0 Å². The van der Waals surface area contributed by atoms with Crippen molar-refractivity contribution in [1.82, 2.24) is 24.0 Å². The smallest absolute Gasteiger partial charge is 0.335 e. The van der Waals surface area contributed by atoms with E-state index < -0.39 is 4.65 Å². The molecule has 0 saturated heterocycles. The van der Waals surface area contributed by atoms with Crippen LogP contribution in [0.1, 0.15) is 31.7 Å². The zero-order valence-corrected chi connectivity index (χ0v) is 23.5. The third-order valence-electron chi connectivity index (χ3n) is 7.49. The Morgan fingerprint density at radius 2 is 1.73 bits per heavy atom. The molecule has 2 N–H and O–H groups in total. The molecule has 0 bridgehead atoms. The van der Waals surface area contributed by atoms with Crippen molar-refractivity contribution in [2.75, 3.05) is 33.4 Å². The summed E-state index contributed by atoms with van der Waals surface area (Å²) < 4.78 is 8.69. The minimum Gasteiger partial charge on any atom is -0.633 e. The molecule has 11 heteroatoms. The molecule has 214 valence electrons. The first kappa shape index (κ1) is 28.1. The predicted molar refractivity (Wildman–Crippen MR) is 158 cm³/mol. The zero-order chi connectivity index (χ0) is 29.1. The lowest BCUT2D eigenvalue weighted by Gasteiger charge is -2.35. The fourth-order valence-corrected chi connectivity index (χ4v) is 5.33. The number of nitrogen functional groups attached to an aromatic ring is 1. The first-order valence-corrected chi connectivity index (χ1v) is 13.7. The Hall–Kier alpha value is -4.48. The molecule has 2 aromatic heterocycles. The topological polar surface area (TPSA) is 131 Å². The molecule has 4 aromatic rings. The molecular formula is C30H35N7O4. The fraction of sp³-hybridized carbons (Fsp3) is 0.333. The number of amides is 1. The van der Waals surface area contributed by atoms with Gasteiger partial charge in [-0.2, -0.15) is 0 Å². The lowest BCUT2D eigenvalue weighted by molar-refractivity contribution is -0.833. The standard InChI is InChI=1S/C30H35N7O4/c1-34(26(38)10-7-19-37(2,3)40)21-11-13-23(14-12-21)36-29-27(28(31)32-20-33-29)35(30(36)39)22-15-17-25(18-16-22)41-24-8-5-4-6-9-24/h4-10,15-18,20-21,23H,11-14,19H2,1-3H3,(H2,31,32,33)/b10-7+. The van der Waals surface area contributed by atoms with Crippen LogP contribution in [0.15, 0.2) is 77.9 Å². The number of fused-ring (bicyclic) bond motifs is 1. The van der Waals surface area contributed by atoms with Gasteiger partial charge in [0.05, 0.1) is 26.3 Å². The average Bonchev–Trinajstić information content (AvgIpc) is 3.26. The third-order valence-corrected chi connectivity index (χ3v) is 7.49. The maximum atomic E-state index is 13.9. The maximum absolute atomic E-state index is 13.9. The number of imidazole rings is 1. The van der Waals surface area contributed by atoms with E-state index in [9.17, 15) is 14.8 Å². The number of benzene rings is 2. The first-order chi connectivity index (χ1) is 19.6. The second kappa shape index (κ2) is 11.6. The van der Waals surface area contributed by atoms with Crippen LogP contribution in [0.4, 0.5) is 5.82 Å². The molecule has 0 atom stereocenters. The van der Waals surface area contributed by atoms with E-state index >= 15 is 0 Å². The van der Waals surface area contributed by atoms with E-state index in [1.165, 1.54) is 26.5 Å². The second-order valence-electron chi connectivity index (χ2n) is 10.9. The van der Waals surface area contributed by atoms with Gasteiger partial charge in [0.15, 0.2) is 11.5 Å². The summed E-state index contributed by atoms with van der Waals surface area (Å²) in [6.07, 6.45) is 7.33. The van der Waals surface area contributed by atoms with Crippen LogP contribution in [0.3, 0.4) is 0 Å². The van der Waals surface area contributed by atoms with Gasteiger partial charge in [-0.15, -0.1) is 0 Å². The van der Waals surface area contributed by atoms with Gasteiger partial charge < -0.3 is 25.2 Å². The number of hydrogen-bond acceptors (Lipinski definition) is 7. The molecule has 1 saturated carbocycles. The molecular weight excluding hydrogens is 522 g/mol. The van der Waals surface area contributed by atoms with Crippen LogP contribution in [0.5, 0.6) is 11.5 Å². The van der Waals surface area contributed by atoms with Gasteiger partial charge in [-0.25, -0.2) is 14.8 Å². The maximum Gasteiger partial charge on any atom is 0.335 e. The number of para-hydroxylation sites is 1. The van der Waals surface area contributed by atoms with Gasteiger partial charge in [-0.3, -0.25) is 13.9 Å². The van der Waals surface area contributed by atoms with Gasteiger partial charge in [0.1, 0.15) is 23.3 Å². The zero-order valence-electron chi connectivity index (χ0n) is 23.5. The van der Waals surface area contributed by atoms with Crippen molar-refractivity contribution < 1.29 is 14.2 Å². The number of nitrogens with zero attached hydrogens (tertiary/aromatic N) is 6. The number of rotatable bonds is 8. The van der Waals surface area contributed by atoms with Crippen molar-refractivity contribution >= 4 is 22.9 Å². The van der Waals surface area contributed by atoms with Crippen molar-refractivity contribution in [3.63, 3.8) is 0 Å². The molecule has 41 heavy (non-hydrogen) atoms. The number of carbonyl (C=O) groups excluding carboxylic acids is 1. The monoisotopic (exact) mass is 557 g/mol. The summed E-state index contributed by atoms with van der Waals surface area (Å²) in [7, 11) is 4.85. The Balaban J connectivity index is 1.36. The lowest BCUT2D eigenvalue weighted by atomic mass is 9.90. The van der Waals surface area contributed by atoms with Crippen LogP contribution in [0.2, 0.25) is 0 Å². The Kier molecular flexibility index (Phi) is 7.91. The summed E-state index contributed by atoms with van der Waals surface area (Å²) >= 11 is 0. The number of likely N-dealkylation sites (N-methyl/N-ethyl adjacent to an activating group) is 2. The minimum absolute atomic E-state index is 0.0408. The average molecular weight is 558 g/mol. The Labute approximate surface area is 238 Å². The normalized spacial score (nSPS) is 17.7. The number of nitrogens with two attached hydrogens (primary N) is 1. The van der Waals surface area contributed by atoms with Crippen LogP contribution in [-0.4, -0.2) is 68.3 Å². The summed E-state index contributed by atoms with van der Waals surface area (Å²) in [5.74, 6) is 1.46. The van der Waals surface area contributed by atoms with Crippen LogP contribution in [0.25, 0.3) is 16.9 Å². The van der Waals surface area contributed by atoms with E-state index in [0.29, 0.717) is 35.4 Å². The van der Waals surface area contributed by atoms with E-state index in [1.807, 2.05) is 54.6 Å². The Bertz CT molecular complexity index is 1600. The van der Waals surface area contributed by atoms with E-state index in [0.717, 1.165) is 18.6 Å². The minimum atomic E-state index is -0.485. The summed E-state index contributed by atoms with van der Waals surface area (Å²) in [4.78, 5) is 36.9. The molecule has 0 spiro atoms. The van der Waals surface area contributed by atoms with Gasteiger partial charge in [0.25, 0.3) is 0 Å². The second-order valence-corrected chi connectivity index (χ2v) is 10.9. The number of ether oxygens (including phenoxy) is 1. The molecule has 1 fully saturated rings. The summed E-state index contributed by atoms with van der Waals surface area (Å²) in [5.41, 5.74) is 7.63. The molecule has 0 aliphatic heterocycles. The molecule has 2 aromatic carbocycles. The van der Waals surface area contributed by atoms with Crippen LogP contribution in [0, 0.1) is 5.21 Å². The van der Waals surface area contributed by atoms with Crippen LogP contribution in [-0.2, 0) is 4.79 Å². The van der Waals surface area contributed by atoms with Crippen molar-refractivity contribution in [3.05, 3.63) is 88.8 Å². The molecule has 1 aliphatic carbocycles. The van der Waals surface area contributed by atoms with Gasteiger partial charge >= 0.3 is 5.69 Å². The summed E-state index contributed by atoms with van der Waals surface area (Å²) in [6, 6.07) is 16.7. The van der Waals surface area contributed by atoms with Gasteiger partial charge in [-0.05, 0) is 68.2 Å². The molecule has 2 heterocycles. The highest BCUT2D eigenvalue weighted by Gasteiger charge is 2.30. The summed E-state index contributed by atoms with van der Waals surface area (Å²) in [6.45, 7) is 0.229. The highest BCUT2D eigenvalue weighted by molar-refractivity contribution is 5.87. The number of anilines is 1. The van der Waals surface area contributed by atoms with E-state index in [-0.39, 0.29) is 36.0 Å². The molecule has 0 radical (unpaired) electrons. The molecule has 11 nitrogen and oxygen atoms in total. The van der Waals surface area contributed by atoms with Crippen LogP contribution < -0.4 is 16.2 Å². The number of carbonyl (C=O) groups is 1. The van der Waals surface area contributed by atoms with Crippen molar-refractivity contribution in [1.29, 1.82) is 0 Å². The largest absolute Gasteiger partial charge is 0.633 e. The SMILES string of the molecule is CN(C(=O)/C=C/C[N+](C)(C)[O-])C1CCC(n2c(=O)n(-c3ccc(Oc4ccccc4)cc3)c3c(N)ncnc32)CC1. The van der Waals surface area contributed by atoms with Gasteiger partial charge in [0, 0.05) is 25.2 Å². The fourth-order valence-electron chi connectivity index (χ4n) is 5.33. The highest BCUT2D eigenvalue weighted by atomic mass is 16.5. The van der Waals surface area contributed by atoms with Crippen molar-refractivity contribution in [2.24, 2.45) is 0 Å². The Morgan fingerprint density at radius 3 is 2.39 bits per heavy atom. The number of hydroxylamine groups is 3. The highest BCUT2D eigenvalue weighted by Crippen LogP contribution is 2.33. The summed E-state index contributed by atoms with van der Waals surface area (Å²) in [5, 5.41) is 11.8.